The van der Waals surface area contributed by atoms with Crippen molar-refractivity contribution in [3.8, 4) is 0 Å². The van der Waals surface area contributed by atoms with Crippen molar-refractivity contribution in [2.45, 2.75) is 19.0 Å². The number of oxazole rings is 1. The van der Waals surface area contributed by atoms with Crippen LogP contribution < -0.4 is 11.1 Å². The van der Waals surface area contributed by atoms with Crippen LogP contribution in [0.15, 0.2) is 75.3 Å². The molecular weight excluding hydrogens is 379 g/mol. The minimum absolute atomic E-state index is 0.118. The predicted octanol–water partition coefficient (Wildman–Crippen LogP) is 4.09. The van der Waals surface area contributed by atoms with Crippen molar-refractivity contribution in [1.29, 1.82) is 0 Å². The molecule has 0 aliphatic heterocycles. The molecular formula is C21H17FN2O3S. The Morgan fingerprint density at radius 3 is 2.64 bits per heavy atom. The smallest absolute Gasteiger partial charge is 0.408 e. The average Bonchev–Trinajstić information content (AvgIpc) is 3.33. The summed E-state index contributed by atoms with van der Waals surface area (Å²) >= 11 is 1.51. The summed E-state index contributed by atoms with van der Waals surface area (Å²) < 4.78 is 19.9. The predicted molar refractivity (Wildman–Crippen MR) is 106 cm³/mol. The Hall–Kier alpha value is -3.19. The lowest BCUT2D eigenvalue weighted by atomic mass is 10.1. The number of amides is 1. The number of thiophene rings is 1. The normalized spacial score (nSPS) is 12.2. The van der Waals surface area contributed by atoms with Gasteiger partial charge in [0, 0.05) is 17.8 Å². The molecule has 2 heterocycles. The Morgan fingerprint density at radius 2 is 1.89 bits per heavy atom. The fraction of sp³-hybridized carbons (Fsp3) is 0.143. The van der Waals surface area contributed by atoms with E-state index in [1.54, 1.807) is 30.3 Å². The third-order valence-electron chi connectivity index (χ3n) is 4.47. The van der Waals surface area contributed by atoms with Crippen molar-refractivity contribution < 1.29 is 13.6 Å². The molecule has 0 bridgehead atoms. The number of carbonyl (C=O) groups excluding carboxylic acids is 1. The van der Waals surface area contributed by atoms with E-state index in [-0.39, 0.29) is 30.7 Å². The lowest BCUT2D eigenvalue weighted by molar-refractivity contribution is -0.121. The molecule has 2 aromatic carbocycles. The van der Waals surface area contributed by atoms with Crippen molar-refractivity contribution in [3.63, 3.8) is 0 Å². The van der Waals surface area contributed by atoms with E-state index in [0.717, 1.165) is 10.4 Å². The molecule has 4 aromatic rings. The third-order valence-corrected chi connectivity index (χ3v) is 5.41. The number of aryl methyl sites for hydroxylation is 1. The van der Waals surface area contributed by atoms with Crippen molar-refractivity contribution in [3.05, 3.63) is 92.9 Å². The van der Waals surface area contributed by atoms with Gasteiger partial charge in [-0.25, -0.2) is 9.18 Å². The molecule has 0 saturated heterocycles. The van der Waals surface area contributed by atoms with Gasteiger partial charge < -0.3 is 9.73 Å². The molecule has 142 valence electrons. The fourth-order valence-corrected chi connectivity index (χ4v) is 3.90. The number of para-hydroxylation sites is 2. The first-order valence-electron chi connectivity index (χ1n) is 8.78. The molecule has 0 aliphatic rings. The molecule has 7 heteroatoms. The maximum Gasteiger partial charge on any atom is 0.419 e. The largest absolute Gasteiger partial charge is 0.419 e. The van der Waals surface area contributed by atoms with Gasteiger partial charge in [-0.2, -0.15) is 0 Å². The van der Waals surface area contributed by atoms with E-state index >= 15 is 0 Å². The van der Waals surface area contributed by atoms with E-state index in [1.165, 1.54) is 28.0 Å². The minimum Gasteiger partial charge on any atom is -0.408 e. The maximum absolute atomic E-state index is 13.3. The quantitative estimate of drug-likeness (QED) is 0.534. The Balaban J connectivity index is 1.51. The third kappa shape index (κ3) is 3.75. The molecule has 0 unspecified atom stereocenters. The summed E-state index contributed by atoms with van der Waals surface area (Å²) in [7, 11) is 0. The summed E-state index contributed by atoms with van der Waals surface area (Å²) in [6, 6.07) is 16.6. The van der Waals surface area contributed by atoms with Gasteiger partial charge >= 0.3 is 5.76 Å². The number of benzene rings is 2. The van der Waals surface area contributed by atoms with Gasteiger partial charge in [-0.1, -0.05) is 30.3 Å². The molecule has 0 radical (unpaired) electrons. The van der Waals surface area contributed by atoms with Gasteiger partial charge in [0.15, 0.2) is 5.58 Å². The van der Waals surface area contributed by atoms with Crippen molar-refractivity contribution >= 4 is 28.3 Å². The zero-order valence-corrected chi connectivity index (χ0v) is 15.6. The van der Waals surface area contributed by atoms with Crippen LogP contribution in [0.3, 0.4) is 0 Å². The Labute approximate surface area is 164 Å². The standard InChI is InChI=1S/C21H17FN2O3S/c22-15-9-7-14(8-10-15)20(18-6-3-13-28-18)23-19(25)11-12-24-16-4-1-2-5-17(16)27-21(24)26/h1-10,13,20H,11-12H2,(H,23,25)/t20-/m1/s1. The van der Waals surface area contributed by atoms with Crippen molar-refractivity contribution in [2.75, 3.05) is 0 Å². The summed E-state index contributed by atoms with van der Waals surface area (Å²) in [5, 5.41) is 4.91. The van der Waals surface area contributed by atoms with Crippen molar-refractivity contribution in [2.24, 2.45) is 0 Å². The summed E-state index contributed by atoms with van der Waals surface area (Å²) in [5.74, 6) is -1.02. The second kappa shape index (κ2) is 7.82. The SMILES string of the molecule is O=C(CCn1c(=O)oc2ccccc21)N[C@H](c1ccc(F)cc1)c1cccs1. The van der Waals surface area contributed by atoms with Crippen molar-refractivity contribution in [1.82, 2.24) is 9.88 Å². The summed E-state index contributed by atoms with van der Waals surface area (Å²) in [5.41, 5.74) is 1.95. The van der Waals surface area contributed by atoms with Crippen LogP contribution in [0.1, 0.15) is 22.9 Å². The summed E-state index contributed by atoms with van der Waals surface area (Å²) in [4.78, 5) is 25.6. The van der Waals surface area contributed by atoms with E-state index in [4.69, 9.17) is 4.42 Å². The van der Waals surface area contributed by atoms with E-state index in [9.17, 15) is 14.0 Å². The van der Waals surface area contributed by atoms with E-state index in [0.29, 0.717) is 11.1 Å². The molecule has 1 amide bonds. The first-order chi connectivity index (χ1) is 13.6. The topological polar surface area (TPSA) is 64.2 Å². The number of nitrogens with zero attached hydrogens (tertiary/aromatic N) is 1. The van der Waals surface area contributed by atoms with Crippen LogP contribution in [0.4, 0.5) is 4.39 Å². The first kappa shape index (κ1) is 18.2. The van der Waals surface area contributed by atoms with Gasteiger partial charge in [-0.05, 0) is 41.3 Å². The second-order valence-corrected chi connectivity index (χ2v) is 7.28. The number of hydrogen-bond donors (Lipinski definition) is 1. The van der Waals surface area contributed by atoms with Gasteiger partial charge in [-0.3, -0.25) is 9.36 Å². The van der Waals surface area contributed by atoms with Gasteiger partial charge in [0.1, 0.15) is 5.82 Å². The van der Waals surface area contributed by atoms with Crippen LogP contribution >= 0.6 is 11.3 Å². The summed E-state index contributed by atoms with van der Waals surface area (Å²) in [6.45, 7) is 0.211. The highest BCUT2D eigenvalue weighted by Gasteiger charge is 2.18. The van der Waals surface area contributed by atoms with Crippen LogP contribution in [0.5, 0.6) is 0 Å². The first-order valence-corrected chi connectivity index (χ1v) is 9.66. The highest BCUT2D eigenvalue weighted by Crippen LogP contribution is 2.26. The molecule has 0 fully saturated rings. The van der Waals surface area contributed by atoms with Crippen LogP contribution in [0, 0.1) is 5.82 Å². The Kier molecular flexibility index (Phi) is 5.08. The van der Waals surface area contributed by atoms with Crippen LogP contribution in [0.25, 0.3) is 11.1 Å². The lowest BCUT2D eigenvalue weighted by Gasteiger charge is -2.18. The minimum atomic E-state index is -0.484. The molecule has 2 aromatic heterocycles. The number of aromatic nitrogens is 1. The highest BCUT2D eigenvalue weighted by atomic mass is 32.1. The molecule has 28 heavy (non-hydrogen) atoms. The van der Waals surface area contributed by atoms with Crippen LogP contribution in [0.2, 0.25) is 0 Å². The van der Waals surface area contributed by atoms with E-state index < -0.39 is 5.76 Å². The number of carbonyl (C=O) groups is 1. The fourth-order valence-electron chi connectivity index (χ4n) is 3.10. The molecule has 0 spiro atoms. The summed E-state index contributed by atoms with van der Waals surface area (Å²) in [6.07, 6.45) is 0.118. The van der Waals surface area contributed by atoms with Gasteiger partial charge in [0.05, 0.1) is 11.6 Å². The molecule has 0 aliphatic carbocycles. The van der Waals surface area contributed by atoms with E-state index in [2.05, 4.69) is 5.32 Å². The van der Waals surface area contributed by atoms with Gasteiger partial charge in [-0.15, -0.1) is 11.3 Å². The molecule has 1 atom stereocenters. The lowest BCUT2D eigenvalue weighted by Crippen LogP contribution is -2.30. The van der Waals surface area contributed by atoms with Crippen LogP contribution in [-0.4, -0.2) is 10.5 Å². The average molecular weight is 396 g/mol. The maximum atomic E-state index is 13.3. The zero-order chi connectivity index (χ0) is 19.5. The van der Waals surface area contributed by atoms with Gasteiger partial charge in [0.2, 0.25) is 5.91 Å². The number of nitrogens with one attached hydrogen (secondary N) is 1. The number of fused-ring (bicyclic) bond motifs is 1. The number of rotatable bonds is 6. The van der Waals surface area contributed by atoms with Crippen LogP contribution in [-0.2, 0) is 11.3 Å². The Bertz CT molecular complexity index is 1150. The number of hydrogen-bond acceptors (Lipinski definition) is 4. The molecule has 1 N–H and O–H groups in total. The monoisotopic (exact) mass is 396 g/mol. The second-order valence-electron chi connectivity index (χ2n) is 6.30. The van der Waals surface area contributed by atoms with Gasteiger partial charge in [0.25, 0.3) is 0 Å². The zero-order valence-electron chi connectivity index (χ0n) is 14.8. The van der Waals surface area contributed by atoms with E-state index in [1.807, 2.05) is 23.6 Å². The Morgan fingerprint density at radius 1 is 1.11 bits per heavy atom. The molecule has 4 rings (SSSR count). The molecule has 5 nitrogen and oxygen atoms in total. The highest BCUT2D eigenvalue weighted by molar-refractivity contribution is 7.10. The molecule has 0 saturated carbocycles. The number of halogens is 1.